The summed E-state index contributed by atoms with van der Waals surface area (Å²) in [5, 5.41) is 6.73. The number of hydrogen-bond donors (Lipinski definition) is 2. The van der Waals surface area contributed by atoms with E-state index in [1.54, 1.807) is 0 Å². The monoisotopic (exact) mass is 338 g/mol. The third-order valence-electron chi connectivity index (χ3n) is 3.99. The molecule has 0 saturated heterocycles. The first-order valence-electron chi connectivity index (χ1n) is 8.87. The van der Waals surface area contributed by atoms with Crippen molar-refractivity contribution in [3.05, 3.63) is 70.8 Å². The molecule has 0 aromatic heterocycles. The molecular formula is C21H30N4. The van der Waals surface area contributed by atoms with Crippen LogP contribution in [0.15, 0.2) is 53.5 Å². The van der Waals surface area contributed by atoms with Crippen LogP contribution in [0.25, 0.3) is 0 Å². The van der Waals surface area contributed by atoms with Crippen molar-refractivity contribution >= 4 is 5.96 Å². The van der Waals surface area contributed by atoms with E-state index in [2.05, 4.69) is 92.0 Å². The van der Waals surface area contributed by atoms with Crippen LogP contribution in [-0.4, -0.2) is 31.5 Å². The van der Waals surface area contributed by atoms with Crippen LogP contribution in [0.4, 0.5) is 0 Å². The second-order valence-electron chi connectivity index (χ2n) is 6.53. The van der Waals surface area contributed by atoms with Crippen LogP contribution in [0.5, 0.6) is 0 Å². The number of guanidine groups is 1. The van der Waals surface area contributed by atoms with Gasteiger partial charge in [0.05, 0.1) is 6.54 Å². The fraction of sp³-hybridized carbons (Fsp3) is 0.381. The highest BCUT2D eigenvalue weighted by Crippen LogP contribution is 2.08. The number of rotatable bonds is 7. The Bertz CT molecular complexity index is 675. The maximum Gasteiger partial charge on any atom is 0.191 e. The molecule has 2 rings (SSSR count). The lowest BCUT2D eigenvalue weighted by Gasteiger charge is -2.13. The number of aliphatic imine (C=N–C) groups is 1. The summed E-state index contributed by atoms with van der Waals surface area (Å²) in [6.45, 7) is 7.48. The Kier molecular flexibility index (Phi) is 7.48. The number of nitrogens with one attached hydrogen (secondary N) is 2. The molecule has 0 heterocycles. The zero-order chi connectivity index (χ0) is 18.1. The molecule has 0 saturated carbocycles. The molecule has 2 aromatic carbocycles. The van der Waals surface area contributed by atoms with Crippen molar-refractivity contribution in [2.75, 3.05) is 20.6 Å². The Morgan fingerprint density at radius 3 is 2.28 bits per heavy atom. The molecule has 0 spiro atoms. The first-order chi connectivity index (χ1) is 12.1. The van der Waals surface area contributed by atoms with E-state index >= 15 is 0 Å². The van der Waals surface area contributed by atoms with Crippen LogP contribution in [0.2, 0.25) is 0 Å². The van der Waals surface area contributed by atoms with Crippen LogP contribution in [-0.2, 0) is 19.6 Å². The fourth-order valence-corrected chi connectivity index (χ4v) is 2.61. The molecule has 4 heteroatoms. The normalized spacial score (nSPS) is 11.6. The Labute approximate surface area is 152 Å². The van der Waals surface area contributed by atoms with Gasteiger partial charge in [0.1, 0.15) is 0 Å². The zero-order valence-electron chi connectivity index (χ0n) is 15.8. The molecule has 4 nitrogen and oxygen atoms in total. The van der Waals surface area contributed by atoms with E-state index in [9.17, 15) is 0 Å². The molecule has 0 aliphatic carbocycles. The standard InChI is InChI=1S/C21H30N4/c1-5-22-21(24-15-20-9-7-6-8-17(20)2)23-14-18-10-12-19(13-11-18)16-25(3)4/h6-13H,5,14-16H2,1-4H3,(H2,22,23,24). The van der Waals surface area contributed by atoms with Crippen LogP contribution in [0.3, 0.4) is 0 Å². The van der Waals surface area contributed by atoms with Crippen LogP contribution < -0.4 is 10.6 Å². The van der Waals surface area contributed by atoms with Crippen molar-refractivity contribution in [1.82, 2.24) is 15.5 Å². The topological polar surface area (TPSA) is 39.7 Å². The molecule has 0 aliphatic heterocycles. The molecule has 2 N–H and O–H groups in total. The van der Waals surface area contributed by atoms with E-state index in [1.807, 2.05) is 0 Å². The minimum atomic E-state index is 0.672. The molecule has 25 heavy (non-hydrogen) atoms. The predicted octanol–water partition coefficient (Wildman–Crippen LogP) is 3.31. The maximum absolute atomic E-state index is 4.70. The van der Waals surface area contributed by atoms with Gasteiger partial charge in [0, 0.05) is 19.6 Å². The summed E-state index contributed by atoms with van der Waals surface area (Å²) in [6.07, 6.45) is 0. The molecule has 0 unspecified atom stereocenters. The summed E-state index contributed by atoms with van der Waals surface area (Å²) in [4.78, 5) is 6.88. The van der Waals surface area contributed by atoms with Gasteiger partial charge in [-0.05, 0) is 50.2 Å². The minimum absolute atomic E-state index is 0.672. The average molecular weight is 338 g/mol. The number of nitrogens with zero attached hydrogens (tertiary/aromatic N) is 2. The molecule has 0 amide bonds. The molecule has 134 valence electrons. The third kappa shape index (κ3) is 6.59. The van der Waals surface area contributed by atoms with E-state index in [1.165, 1.54) is 22.3 Å². The molecule has 0 fully saturated rings. The van der Waals surface area contributed by atoms with E-state index in [-0.39, 0.29) is 0 Å². The summed E-state index contributed by atoms with van der Waals surface area (Å²) in [5.74, 6) is 0.850. The van der Waals surface area contributed by atoms with Crippen molar-refractivity contribution in [3.63, 3.8) is 0 Å². The number of benzene rings is 2. The van der Waals surface area contributed by atoms with Crippen molar-refractivity contribution in [3.8, 4) is 0 Å². The Morgan fingerprint density at radius 2 is 1.64 bits per heavy atom. The fourth-order valence-electron chi connectivity index (χ4n) is 2.61. The van der Waals surface area contributed by atoms with Crippen molar-refractivity contribution < 1.29 is 0 Å². The largest absolute Gasteiger partial charge is 0.357 e. The van der Waals surface area contributed by atoms with E-state index in [0.29, 0.717) is 6.54 Å². The SMILES string of the molecule is CCNC(=NCc1ccc(CN(C)C)cc1)NCc1ccccc1C. The molecular weight excluding hydrogens is 308 g/mol. The third-order valence-corrected chi connectivity index (χ3v) is 3.99. The van der Waals surface area contributed by atoms with Crippen molar-refractivity contribution in [2.24, 2.45) is 4.99 Å². The number of aryl methyl sites for hydroxylation is 1. The Balaban J connectivity index is 1.95. The van der Waals surface area contributed by atoms with Crippen LogP contribution >= 0.6 is 0 Å². The van der Waals surface area contributed by atoms with E-state index in [0.717, 1.165) is 25.6 Å². The van der Waals surface area contributed by atoms with E-state index < -0.39 is 0 Å². The van der Waals surface area contributed by atoms with Gasteiger partial charge in [0.15, 0.2) is 5.96 Å². The minimum Gasteiger partial charge on any atom is -0.357 e. The van der Waals surface area contributed by atoms with Crippen molar-refractivity contribution in [1.29, 1.82) is 0 Å². The Morgan fingerprint density at radius 1 is 0.960 bits per heavy atom. The molecule has 0 atom stereocenters. The van der Waals surface area contributed by atoms with Gasteiger partial charge in [-0.3, -0.25) is 0 Å². The van der Waals surface area contributed by atoms with Gasteiger partial charge in [-0.2, -0.15) is 0 Å². The second-order valence-corrected chi connectivity index (χ2v) is 6.53. The summed E-state index contributed by atoms with van der Waals surface area (Å²) in [7, 11) is 4.17. The molecule has 2 aromatic rings. The lowest BCUT2D eigenvalue weighted by molar-refractivity contribution is 0.402. The summed E-state index contributed by atoms with van der Waals surface area (Å²) in [5.41, 5.74) is 5.13. The van der Waals surface area contributed by atoms with Gasteiger partial charge in [-0.25, -0.2) is 4.99 Å². The zero-order valence-corrected chi connectivity index (χ0v) is 15.8. The highest BCUT2D eigenvalue weighted by molar-refractivity contribution is 5.79. The highest BCUT2D eigenvalue weighted by Gasteiger charge is 2.01. The molecule has 0 bridgehead atoms. The van der Waals surface area contributed by atoms with Crippen molar-refractivity contribution in [2.45, 2.75) is 33.5 Å². The first kappa shape index (κ1) is 19.0. The second kappa shape index (κ2) is 9.84. The van der Waals surface area contributed by atoms with Gasteiger partial charge < -0.3 is 15.5 Å². The van der Waals surface area contributed by atoms with Gasteiger partial charge in [0.2, 0.25) is 0 Å². The summed E-state index contributed by atoms with van der Waals surface area (Å²) in [6, 6.07) is 17.1. The number of hydrogen-bond acceptors (Lipinski definition) is 2. The van der Waals surface area contributed by atoms with Gasteiger partial charge in [-0.15, -0.1) is 0 Å². The average Bonchev–Trinajstić information content (AvgIpc) is 2.59. The Hall–Kier alpha value is -2.33. The van der Waals surface area contributed by atoms with Gasteiger partial charge in [-0.1, -0.05) is 48.5 Å². The predicted molar refractivity (Wildman–Crippen MR) is 107 cm³/mol. The summed E-state index contributed by atoms with van der Waals surface area (Å²) < 4.78 is 0. The quantitative estimate of drug-likeness (QED) is 0.601. The van der Waals surface area contributed by atoms with Gasteiger partial charge >= 0.3 is 0 Å². The summed E-state index contributed by atoms with van der Waals surface area (Å²) >= 11 is 0. The molecule has 0 radical (unpaired) electrons. The molecule has 0 aliphatic rings. The highest BCUT2D eigenvalue weighted by atomic mass is 15.2. The first-order valence-corrected chi connectivity index (χ1v) is 8.87. The van der Waals surface area contributed by atoms with E-state index in [4.69, 9.17) is 4.99 Å². The van der Waals surface area contributed by atoms with Gasteiger partial charge in [0.25, 0.3) is 0 Å². The smallest absolute Gasteiger partial charge is 0.191 e. The van der Waals surface area contributed by atoms with Crippen LogP contribution in [0, 0.1) is 6.92 Å². The maximum atomic E-state index is 4.70. The van der Waals surface area contributed by atoms with Crippen LogP contribution in [0.1, 0.15) is 29.2 Å². The lowest BCUT2D eigenvalue weighted by atomic mass is 10.1. The lowest BCUT2D eigenvalue weighted by Crippen LogP contribution is -2.36.